The number of fused-ring (bicyclic) bond motifs is 1. The van der Waals surface area contributed by atoms with Gasteiger partial charge in [0.05, 0.1) is 5.56 Å². The summed E-state index contributed by atoms with van der Waals surface area (Å²) in [6.45, 7) is -0.572. The number of amides is 1. The molecule has 1 aliphatic rings. The molecule has 0 saturated heterocycles. The number of anilines is 1. The van der Waals surface area contributed by atoms with Gasteiger partial charge in [-0.15, -0.1) is 0 Å². The van der Waals surface area contributed by atoms with Crippen LogP contribution in [-0.4, -0.2) is 12.9 Å². The number of para-hydroxylation sites is 1. The number of benzene rings is 2. The highest BCUT2D eigenvalue weighted by Crippen LogP contribution is 2.18. The van der Waals surface area contributed by atoms with Crippen molar-refractivity contribution in [1.29, 1.82) is 0 Å². The molecule has 3 nitrogen and oxygen atoms in total. The van der Waals surface area contributed by atoms with Crippen molar-refractivity contribution in [3.05, 3.63) is 59.7 Å². The van der Waals surface area contributed by atoms with E-state index in [0.29, 0.717) is 16.7 Å². The van der Waals surface area contributed by atoms with Gasteiger partial charge in [-0.3, -0.25) is 4.79 Å². The molecule has 0 aliphatic carbocycles. The van der Waals surface area contributed by atoms with E-state index >= 15 is 0 Å². The van der Waals surface area contributed by atoms with E-state index in [1.165, 1.54) is 6.07 Å². The van der Waals surface area contributed by atoms with Gasteiger partial charge in [-0.25, -0.2) is 8.78 Å². The summed E-state index contributed by atoms with van der Waals surface area (Å²) in [6.07, 6.45) is 0. The van der Waals surface area contributed by atoms with Gasteiger partial charge in [-0.05, 0) is 29.7 Å². The lowest BCUT2D eigenvalue weighted by Gasteiger charge is -2.24. The number of hydrogen-bond donors (Lipinski definition) is 2. The van der Waals surface area contributed by atoms with Crippen LogP contribution in [-0.2, 0) is 0 Å². The van der Waals surface area contributed by atoms with Gasteiger partial charge in [-0.1, -0.05) is 18.2 Å². The monoisotopic (exact) mass is 258 g/mol. The highest BCUT2D eigenvalue weighted by Gasteiger charge is 2.29. The second-order valence-corrected chi connectivity index (χ2v) is 4.27. The molecule has 0 fully saturated rings. The van der Waals surface area contributed by atoms with Gasteiger partial charge in [0.15, 0.2) is 11.6 Å². The van der Waals surface area contributed by atoms with Crippen molar-refractivity contribution in [2.45, 2.75) is 0 Å². The molecule has 0 atom stereocenters. The molecule has 19 heavy (non-hydrogen) atoms. The lowest BCUT2D eigenvalue weighted by atomic mass is 9.66. The molecule has 0 spiro atoms. The summed E-state index contributed by atoms with van der Waals surface area (Å²) in [4.78, 5) is 11.9. The Hall–Kier alpha value is -2.37. The van der Waals surface area contributed by atoms with Gasteiger partial charge >= 0.3 is 6.98 Å². The topological polar surface area (TPSA) is 41.1 Å². The standard InChI is InChI=1S/C13H9BF2N2O/c15-10-6-5-8(7-11(10)16)14-17-12-4-2-1-3-9(12)13(19)18-14/h1-7,17H,(H,18,19). The first-order chi connectivity index (χ1) is 9.15. The summed E-state index contributed by atoms with van der Waals surface area (Å²) in [7, 11) is 0. The summed E-state index contributed by atoms with van der Waals surface area (Å²) >= 11 is 0. The number of carbonyl (C=O) groups is 1. The Kier molecular flexibility index (Phi) is 2.70. The van der Waals surface area contributed by atoms with Crippen LogP contribution < -0.4 is 15.9 Å². The molecule has 2 aromatic carbocycles. The quantitative estimate of drug-likeness (QED) is 0.761. The van der Waals surface area contributed by atoms with Crippen LogP contribution in [0.5, 0.6) is 0 Å². The first-order valence-corrected chi connectivity index (χ1v) is 5.76. The Bertz CT molecular complexity index is 663. The molecule has 94 valence electrons. The molecule has 0 radical (unpaired) electrons. The molecular formula is C13H9BF2N2O. The van der Waals surface area contributed by atoms with E-state index in [1.54, 1.807) is 24.3 Å². The van der Waals surface area contributed by atoms with Crippen molar-refractivity contribution in [3.63, 3.8) is 0 Å². The van der Waals surface area contributed by atoms with E-state index in [4.69, 9.17) is 0 Å². The van der Waals surface area contributed by atoms with E-state index in [0.717, 1.165) is 12.1 Å². The normalized spacial score (nSPS) is 13.6. The van der Waals surface area contributed by atoms with Crippen molar-refractivity contribution in [3.8, 4) is 0 Å². The molecule has 0 unspecified atom stereocenters. The van der Waals surface area contributed by atoms with Gasteiger partial charge in [0.25, 0.3) is 0 Å². The number of halogens is 2. The Balaban J connectivity index is 1.96. The van der Waals surface area contributed by atoms with Gasteiger partial charge in [0, 0.05) is 5.69 Å². The van der Waals surface area contributed by atoms with Gasteiger partial charge < -0.3 is 10.5 Å². The third-order valence-electron chi connectivity index (χ3n) is 3.02. The second-order valence-electron chi connectivity index (χ2n) is 4.27. The molecule has 0 aromatic heterocycles. The van der Waals surface area contributed by atoms with Crippen molar-refractivity contribution < 1.29 is 13.6 Å². The smallest absolute Gasteiger partial charge is 0.405 e. The molecule has 2 aromatic rings. The minimum atomic E-state index is -0.938. The molecule has 1 aliphatic heterocycles. The fourth-order valence-electron chi connectivity index (χ4n) is 2.07. The minimum absolute atomic E-state index is 0.246. The fourth-order valence-corrected chi connectivity index (χ4v) is 2.07. The zero-order chi connectivity index (χ0) is 13.4. The SMILES string of the molecule is O=C1NB(c2ccc(F)c(F)c2)Nc2ccccc21. The number of rotatable bonds is 1. The van der Waals surface area contributed by atoms with Crippen LogP contribution in [0.3, 0.4) is 0 Å². The Morgan fingerprint density at radius 3 is 2.53 bits per heavy atom. The first-order valence-electron chi connectivity index (χ1n) is 5.76. The Morgan fingerprint density at radius 1 is 0.947 bits per heavy atom. The van der Waals surface area contributed by atoms with Crippen molar-refractivity contribution in [1.82, 2.24) is 5.23 Å². The van der Waals surface area contributed by atoms with E-state index in [-0.39, 0.29) is 5.91 Å². The van der Waals surface area contributed by atoms with E-state index in [9.17, 15) is 13.6 Å². The molecule has 1 heterocycles. The summed E-state index contributed by atoms with van der Waals surface area (Å²) in [6, 6.07) is 10.6. The second kappa shape index (κ2) is 4.38. The maximum atomic E-state index is 13.2. The van der Waals surface area contributed by atoms with Gasteiger partial charge in [0.2, 0.25) is 5.91 Å². The van der Waals surface area contributed by atoms with Crippen LogP contribution >= 0.6 is 0 Å². The summed E-state index contributed by atoms with van der Waals surface area (Å²) < 4.78 is 26.1. The van der Waals surface area contributed by atoms with Crippen LogP contribution in [0.4, 0.5) is 14.5 Å². The van der Waals surface area contributed by atoms with Gasteiger partial charge in [-0.2, -0.15) is 0 Å². The van der Waals surface area contributed by atoms with Crippen LogP contribution in [0.1, 0.15) is 10.4 Å². The number of hydrogen-bond acceptors (Lipinski definition) is 2. The fraction of sp³-hybridized carbons (Fsp3) is 0. The van der Waals surface area contributed by atoms with Crippen molar-refractivity contribution in [2.24, 2.45) is 0 Å². The highest BCUT2D eigenvalue weighted by molar-refractivity contribution is 6.77. The third-order valence-corrected chi connectivity index (χ3v) is 3.02. The van der Waals surface area contributed by atoms with E-state index < -0.39 is 18.6 Å². The predicted molar refractivity (Wildman–Crippen MR) is 69.3 cm³/mol. The Morgan fingerprint density at radius 2 is 1.74 bits per heavy atom. The molecule has 0 saturated carbocycles. The number of nitrogens with one attached hydrogen (secondary N) is 2. The molecule has 0 bridgehead atoms. The van der Waals surface area contributed by atoms with E-state index in [1.807, 2.05) is 0 Å². The summed E-state index contributed by atoms with van der Waals surface area (Å²) in [5, 5.41) is 5.77. The molecule has 6 heteroatoms. The summed E-state index contributed by atoms with van der Waals surface area (Å²) in [5.41, 5.74) is 1.66. The largest absolute Gasteiger partial charge is 0.408 e. The van der Waals surface area contributed by atoms with E-state index in [2.05, 4.69) is 10.5 Å². The highest BCUT2D eigenvalue weighted by atomic mass is 19.2. The van der Waals surface area contributed by atoms with Crippen molar-refractivity contribution in [2.75, 3.05) is 5.23 Å². The third kappa shape index (κ3) is 2.05. The van der Waals surface area contributed by atoms with Crippen LogP contribution in [0.2, 0.25) is 0 Å². The zero-order valence-corrected chi connectivity index (χ0v) is 9.78. The maximum absolute atomic E-state index is 13.2. The average molecular weight is 258 g/mol. The molecule has 3 rings (SSSR count). The molecule has 1 amide bonds. The number of carbonyl (C=O) groups excluding carboxylic acids is 1. The van der Waals surface area contributed by atoms with Crippen LogP contribution in [0.25, 0.3) is 0 Å². The first kappa shape index (κ1) is 11.7. The Labute approximate surface area is 108 Å². The lowest BCUT2D eigenvalue weighted by molar-refractivity contribution is 0.0979. The average Bonchev–Trinajstić information content (AvgIpc) is 2.42. The minimum Gasteiger partial charge on any atom is -0.405 e. The summed E-state index contributed by atoms with van der Waals surface area (Å²) in [5.74, 6) is -2.09. The predicted octanol–water partition coefficient (Wildman–Crippen LogP) is 1.52. The molecular weight excluding hydrogens is 249 g/mol. The lowest BCUT2D eigenvalue weighted by Crippen LogP contribution is -2.57. The molecule has 2 N–H and O–H groups in total. The zero-order valence-electron chi connectivity index (χ0n) is 9.78. The van der Waals surface area contributed by atoms with Crippen LogP contribution in [0.15, 0.2) is 42.5 Å². The van der Waals surface area contributed by atoms with Crippen molar-refractivity contribution >= 4 is 24.0 Å². The maximum Gasteiger partial charge on any atom is 0.408 e. The van der Waals surface area contributed by atoms with Gasteiger partial charge in [0.1, 0.15) is 0 Å². The van der Waals surface area contributed by atoms with Crippen LogP contribution in [0, 0.1) is 11.6 Å².